The Morgan fingerprint density at radius 1 is 1.00 bits per heavy atom. The van der Waals surface area contributed by atoms with Crippen molar-refractivity contribution in [2.75, 3.05) is 30.4 Å². The Labute approximate surface area is 174 Å². The Kier molecular flexibility index (Phi) is 7.17. The number of esters is 2. The van der Waals surface area contributed by atoms with Crippen LogP contribution in [0.4, 0.5) is 11.4 Å². The van der Waals surface area contributed by atoms with Crippen LogP contribution in [-0.2, 0) is 29.1 Å². The van der Waals surface area contributed by atoms with E-state index in [9.17, 15) is 22.8 Å². The summed E-state index contributed by atoms with van der Waals surface area (Å²) in [5.74, 6) is -1.71. The maximum absolute atomic E-state index is 13.3. The van der Waals surface area contributed by atoms with E-state index in [0.717, 1.165) is 11.4 Å². The first-order valence-electron chi connectivity index (χ1n) is 8.77. The molecule has 1 amide bonds. The van der Waals surface area contributed by atoms with Gasteiger partial charge in [-0.05, 0) is 48.9 Å². The van der Waals surface area contributed by atoms with Crippen LogP contribution in [0.3, 0.4) is 0 Å². The third-order valence-corrected chi connectivity index (χ3v) is 6.02. The number of nitrogens with one attached hydrogen (secondary N) is 1. The van der Waals surface area contributed by atoms with Gasteiger partial charge in [0, 0.05) is 12.6 Å². The van der Waals surface area contributed by atoms with Crippen LogP contribution < -0.4 is 9.62 Å². The van der Waals surface area contributed by atoms with Crippen molar-refractivity contribution in [3.8, 4) is 0 Å². The first kappa shape index (κ1) is 22.9. The van der Waals surface area contributed by atoms with Gasteiger partial charge in [0.1, 0.15) is 6.54 Å². The highest BCUT2D eigenvalue weighted by Gasteiger charge is 2.30. The minimum absolute atomic E-state index is 0.108. The average Bonchev–Trinajstić information content (AvgIpc) is 2.71. The van der Waals surface area contributed by atoms with Crippen molar-refractivity contribution in [2.24, 2.45) is 0 Å². The molecule has 0 fully saturated rings. The smallest absolute Gasteiger partial charge is 0.338 e. The zero-order valence-electron chi connectivity index (χ0n) is 17.0. The lowest BCUT2D eigenvalue weighted by Crippen LogP contribution is -2.37. The van der Waals surface area contributed by atoms with E-state index in [1.165, 1.54) is 56.5 Å². The molecule has 0 aliphatic heterocycles. The molecule has 30 heavy (non-hydrogen) atoms. The lowest BCUT2D eigenvalue weighted by Gasteiger charge is -2.25. The number of hydrogen-bond donors (Lipinski definition) is 1. The molecule has 0 saturated heterocycles. The van der Waals surface area contributed by atoms with Gasteiger partial charge in [0.05, 0.1) is 30.4 Å². The second kappa shape index (κ2) is 9.40. The second-order valence-electron chi connectivity index (χ2n) is 6.23. The molecule has 2 aromatic rings. The molecule has 0 aliphatic carbocycles. The number of anilines is 2. The van der Waals surface area contributed by atoms with Gasteiger partial charge >= 0.3 is 11.9 Å². The Bertz CT molecular complexity index is 1060. The van der Waals surface area contributed by atoms with E-state index in [1.807, 2.05) is 0 Å². The van der Waals surface area contributed by atoms with Crippen LogP contribution in [0.25, 0.3) is 0 Å². The van der Waals surface area contributed by atoms with E-state index < -0.39 is 28.5 Å². The minimum Gasteiger partial charge on any atom is -0.468 e. The van der Waals surface area contributed by atoms with Crippen molar-refractivity contribution in [2.45, 2.75) is 18.7 Å². The van der Waals surface area contributed by atoms with Gasteiger partial charge in [-0.2, -0.15) is 0 Å². The molecule has 0 radical (unpaired) electrons. The molecule has 0 saturated carbocycles. The molecule has 0 atom stereocenters. The first-order valence-corrected chi connectivity index (χ1v) is 10.2. The predicted molar refractivity (Wildman–Crippen MR) is 110 cm³/mol. The average molecular weight is 434 g/mol. The number of rotatable bonds is 7. The largest absolute Gasteiger partial charge is 0.468 e. The van der Waals surface area contributed by atoms with Gasteiger partial charge < -0.3 is 14.8 Å². The van der Waals surface area contributed by atoms with Crippen LogP contribution in [0.1, 0.15) is 22.8 Å². The summed E-state index contributed by atoms with van der Waals surface area (Å²) in [5.41, 5.74) is 1.05. The van der Waals surface area contributed by atoms with Gasteiger partial charge in [0.15, 0.2) is 0 Å². The summed E-state index contributed by atoms with van der Waals surface area (Å²) in [6.07, 6.45) is 0. The molecule has 1 N–H and O–H groups in total. The zero-order chi connectivity index (χ0) is 22.5. The van der Waals surface area contributed by atoms with Crippen molar-refractivity contribution in [3.05, 3.63) is 53.6 Å². The number of methoxy groups -OCH3 is 2. The predicted octanol–water partition coefficient (Wildman–Crippen LogP) is 2.11. The molecule has 0 unspecified atom stereocenters. The molecule has 9 nitrogen and oxygen atoms in total. The molecule has 0 aliphatic rings. The van der Waals surface area contributed by atoms with Gasteiger partial charge in [0.2, 0.25) is 5.91 Å². The zero-order valence-corrected chi connectivity index (χ0v) is 17.8. The van der Waals surface area contributed by atoms with E-state index in [-0.39, 0.29) is 22.1 Å². The summed E-state index contributed by atoms with van der Waals surface area (Å²) < 4.78 is 36.9. The van der Waals surface area contributed by atoms with Crippen LogP contribution in [-0.4, -0.2) is 47.0 Å². The summed E-state index contributed by atoms with van der Waals surface area (Å²) in [6.45, 7) is 2.29. The molecule has 10 heteroatoms. The molecule has 2 aromatic carbocycles. The van der Waals surface area contributed by atoms with Crippen molar-refractivity contribution >= 4 is 39.2 Å². The maximum Gasteiger partial charge on any atom is 0.338 e. The standard InChI is InChI=1S/C20H22N2O7S/c1-13-17(20(25)29-4)6-5-7-18(13)22(12-19(24)28-3)30(26,27)16-10-8-15(9-11-16)21-14(2)23/h5-11H,12H2,1-4H3,(H,21,23). The summed E-state index contributed by atoms with van der Waals surface area (Å²) in [6, 6.07) is 9.96. The number of carbonyl (C=O) groups excluding carboxylic acids is 3. The van der Waals surface area contributed by atoms with Gasteiger partial charge in [-0.15, -0.1) is 0 Å². The number of nitrogens with zero attached hydrogens (tertiary/aromatic N) is 1. The molecule has 160 valence electrons. The number of carbonyl (C=O) groups is 3. The molecule has 2 rings (SSSR count). The van der Waals surface area contributed by atoms with Crippen molar-refractivity contribution in [1.82, 2.24) is 0 Å². The number of ether oxygens (including phenoxy) is 2. The summed E-state index contributed by atoms with van der Waals surface area (Å²) in [4.78, 5) is 35.0. The Balaban J connectivity index is 2.58. The maximum atomic E-state index is 13.3. The van der Waals surface area contributed by atoms with Crippen LogP contribution in [0.15, 0.2) is 47.4 Å². The highest BCUT2D eigenvalue weighted by atomic mass is 32.2. The fraction of sp³-hybridized carbons (Fsp3) is 0.250. The molecule has 0 spiro atoms. The van der Waals surface area contributed by atoms with E-state index in [2.05, 4.69) is 10.1 Å². The Hall–Kier alpha value is -3.40. The number of sulfonamides is 1. The molecular formula is C20H22N2O7S. The van der Waals surface area contributed by atoms with Gasteiger partial charge in [-0.3, -0.25) is 13.9 Å². The Morgan fingerprint density at radius 2 is 1.63 bits per heavy atom. The van der Waals surface area contributed by atoms with Crippen molar-refractivity contribution in [3.63, 3.8) is 0 Å². The SMILES string of the molecule is COC(=O)CN(c1cccc(C(=O)OC)c1C)S(=O)(=O)c1ccc(NC(C)=O)cc1. The molecular weight excluding hydrogens is 412 g/mol. The summed E-state index contributed by atoms with van der Waals surface area (Å²) >= 11 is 0. The Morgan fingerprint density at radius 3 is 2.17 bits per heavy atom. The van der Waals surface area contributed by atoms with Crippen LogP contribution >= 0.6 is 0 Å². The molecule has 0 bridgehead atoms. The van der Waals surface area contributed by atoms with Gasteiger partial charge in [0.25, 0.3) is 10.0 Å². The highest BCUT2D eigenvalue weighted by molar-refractivity contribution is 7.92. The number of benzene rings is 2. The highest BCUT2D eigenvalue weighted by Crippen LogP contribution is 2.29. The van der Waals surface area contributed by atoms with Gasteiger partial charge in [-0.1, -0.05) is 6.07 Å². The summed E-state index contributed by atoms with van der Waals surface area (Å²) in [7, 11) is -1.85. The van der Waals surface area contributed by atoms with Crippen molar-refractivity contribution in [1.29, 1.82) is 0 Å². The van der Waals surface area contributed by atoms with Crippen LogP contribution in [0, 0.1) is 6.92 Å². The lowest BCUT2D eigenvalue weighted by atomic mass is 10.1. The van der Waals surface area contributed by atoms with Crippen molar-refractivity contribution < 1.29 is 32.3 Å². The normalized spacial score (nSPS) is 10.8. The quantitative estimate of drug-likeness (QED) is 0.663. The van der Waals surface area contributed by atoms with E-state index >= 15 is 0 Å². The van der Waals surface area contributed by atoms with Gasteiger partial charge in [-0.25, -0.2) is 13.2 Å². The second-order valence-corrected chi connectivity index (χ2v) is 8.10. The third-order valence-electron chi connectivity index (χ3n) is 4.24. The lowest BCUT2D eigenvalue weighted by molar-refractivity contribution is -0.138. The fourth-order valence-corrected chi connectivity index (χ4v) is 4.21. The molecule has 0 heterocycles. The number of hydrogen-bond acceptors (Lipinski definition) is 7. The minimum atomic E-state index is -4.21. The summed E-state index contributed by atoms with van der Waals surface area (Å²) in [5, 5.41) is 2.55. The van der Waals surface area contributed by atoms with E-state index in [1.54, 1.807) is 6.92 Å². The van der Waals surface area contributed by atoms with Crippen LogP contribution in [0.5, 0.6) is 0 Å². The molecule has 0 aromatic heterocycles. The first-order chi connectivity index (χ1) is 14.1. The monoisotopic (exact) mass is 434 g/mol. The van der Waals surface area contributed by atoms with Crippen LogP contribution in [0.2, 0.25) is 0 Å². The van der Waals surface area contributed by atoms with E-state index in [0.29, 0.717) is 11.3 Å². The third kappa shape index (κ3) is 4.95. The topological polar surface area (TPSA) is 119 Å². The van der Waals surface area contributed by atoms with E-state index in [4.69, 9.17) is 4.74 Å². The number of amides is 1. The fourth-order valence-electron chi connectivity index (χ4n) is 2.75.